The Morgan fingerprint density at radius 1 is 0.778 bits per heavy atom. The van der Waals surface area contributed by atoms with E-state index in [1.165, 1.54) is 27.5 Å². The molecule has 0 atom stereocenters. The van der Waals surface area contributed by atoms with Gasteiger partial charge in [0.1, 0.15) is 0 Å². The van der Waals surface area contributed by atoms with Crippen molar-refractivity contribution in [3.63, 3.8) is 0 Å². The summed E-state index contributed by atoms with van der Waals surface area (Å²) in [7, 11) is 0. The maximum Gasteiger partial charge on any atom is 0.0314 e. The van der Waals surface area contributed by atoms with Gasteiger partial charge in [0.05, 0.1) is 0 Å². The molecule has 0 spiro atoms. The predicted octanol–water partition coefficient (Wildman–Crippen LogP) is 4.40. The zero-order valence-electron chi connectivity index (χ0n) is 10.4. The standard InChI is InChI=1S/C17H15N/c1-12-6-7-13-4-2-3-5-16(13)17(12)14-8-10-15(18)11-9-14/h2-11H,18H2,1H3. The van der Waals surface area contributed by atoms with Gasteiger partial charge in [0.15, 0.2) is 0 Å². The van der Waals surface area contributed by atoms with Gasteiger partial charge in [-0.3, -0.25) is 0 Å². The molecule has 88 valence electrons. The second-order valence-corrected chi connectivity index (χ2v) is 4.60. The van der Waals surface area contributed by atoms with E-state index in [1.807, 2.05) is 12.1 Å². The van der Waals surface area contributed by atoms with Crippen molar-refractivity contribution < 1.29 is 0 Å². The Morgan fingerprint density at radius 2 is 1.50 bits per heavy atom. The highest BCUT2D eigenvalue weighted by Crippen LogP contribution is 2.32. The van der Waals surface area contributed by atoms with Gasteiger partial charge < -0.3 is 5.73 Å². The average Bonchev–Trinajstić information content (AvgIpc) is 2.40. The highest BCUT2D eigenvalue weighted by molar-refractivity contribution is 5.98. The molecule has 0 aliphatic heterocycles. The van der Waals surface area contributed by atoms with E-state index in [2.05, 4.69) is 55.5 Å². The van der Waals surface area contributed by atoms with Gasteiger partial charge in [-0.15, -0.1) is 0 Å². The molecule has 0 bridgehead atoms. The SMILES string of the molecule is Cc1ccc2ccccc2c1-c1ccc(N)cc1. The van der Waals surface area contributed by atoms with Crippen LogP contribution < -0.4 is 5.73 Å². The molecule has 0 heterocycles. The Morgan fingerprint density at radius 3 is 2.28 bits per heavy atom. The van der Waals surface area contributed by atoms with Crippen molar-refractivity contribution >= 4 is 16.5 Å². The molecule has 0 aliphatic rings. The maximum atomic E-state index is 5.76. The molecule has 0 aromatic heterocycles. The average molecular weight is 233 g/mol. The first-order valence-electron chi connectivity index (χ1n) is 6.10. The van der Waals surface area contributed by atoms with Crippen molar-refractivity contribution in [3.05, 3.63) is 66.2 Å². The molecule has 3 aromatic carbocycles. The molecule has 3 rings (SSSR count). The van der Waals surface area contributed by atoms with Crippen LogP contribution in [0.1, 0.15) is 5.56 Å². The zero-order chi connectivity index (χ0) is 12.5. The van der Waals surface area contributed by atoms with E-state index >= 15 is 0 Å². The Labute approximate surface area is 107 Å². The van der Waals surface area contributed by atoms with E-state index in [1.54, 1.807) is 0 Å². The molecule has 3 aromatic rings. The fourth-order valence-corrected chi connectivity index (χ4v) is 2.41. The van der Waals surface area contributed by atoms with E-state index in [0.29, 0.717) is 0 Å². The lowest BCUT2D eigenvalue weighted by Crippen LogP contribution is -1.88. The second-order valence-electron chi connectivity index (χ2n) is 4.60. The van der Waals surface area contributed by atoms with Crippen LogP contribution in [0.5, 0.6) is 0 Å². The number of nitrogen functional groups attached to an aromatic ring is 1. The fourth-order valence-electron chi connectivity index (χ4n) is 2.41. The number of hydrogen-bond donors (Lipinski definition) is 1. The predicted molar refractivity (Wildman–Crippen MR) is 78.5 cm³/mol. The molecule has 0 radical (unpaired) electrons. The summed E-state index contributed by atoms with van der Waals surface area (Å²) in [6.45, 7) is 2.15. The van der Waals surface area contributed by atoms with Crippen LogP contribution in [-0.2, 0) is 0 Å². The summed E-state index contributed by atoms with van der Waals surface area (Å²) in [4.78, 5) is 0. The minimum absolute atomic E-state index is 0.802. The van der Waals surface area contributed by atoms with E-state index < -0.39 is 0 Å². The lowest BCUT2D eigenvalue weighted by Gasteiger charge is -2.11. The van der Waals surface area contributed by atoms with E-state index in [-0.39, 0.29) is 0 Å². The van der Waals surface area contributed by atoms with Gasteiger partial charge in [-0.2, -0.15) is 0 Å². The summed E-state index contributed by atoms with van der Waals surface area (Å²) in [5.41, 5.74) is 10.4. The van der Waals surface area contributed by atoms with Crippen molar-refractivity contribution in [1.29, 1.82) is 0 Å². The molecule has 1 heteroatoms. The van der Waals surface area contributed by atoms with Crippen LogP contribution in [0.4, 0.5) is 5.69 Å². The largest absolute Gasteiger partial charge is 0.399 e. The van der Waals surface area contributed by atoms with E-state index in [4.69, 9.17) is 5.73 Å². The van der Waals surface area contributed by atoms with Crippen molar-refractivity contribution in [2.75, 3.05) is 5.73 Å². The molecule has 0 aliphatic carbocycles. The first-order valence-corrected chi connectivity index (χ1v) is 6.10. The third-order valence-corrected chi connectivity index (χ3v) is 3.34. The van der Waals surface area contributed by atoms with Crippen LogP contribution in [0.15, 0.2) is 60.7 Å². The van der Waals surface area contributed by atoms with Crippen LogP contribution in [0.25, 0.3) is 21.9 Å². The second kappa shape index (κ2) is 4.19. The molecular formula is C17H15N. The minimum atomic E-state index is 0.802. The smallest absolute Gasteiger partial charge is 0.0314 e. The summed E-state index contributed by atoms with van der Waals surface area (Å²) < 4.78 is 0. The third kappa shape index (κ3) is 1.74. The van der Waals surface area contributed by atoms with Crippen molar-refractivity contribution in [1.82, 2.24) is 0 Å². The van der Waals surface area contributed by atoms with E-state index in [9.17, 15) is 0 Å². The Kier molecular flexibility index (Phi) is 2.52. The summed E-state index contributed by atoms with van der Waals surface area (Å²) in [6, 6.07) is 20.9. The summed E-state index contributed by atoms with van der Waals surface area (Å²) in [5.74, 6) is 0. The number of hydrogen-bond acceptors (Lipinski definition) is 1. The number of fused-ring (bicyclic) bond motifs is 1. The topological polar surface area (TPSA) is 26.0 Å². The van der Waals surface area contributed by atoms with Gasteiger partial charge in [-0.25, -0.2) is 0 Å². The summed E-state index contributed by atoms with van der Waals surface area (Å²) in [6.07, 6.45) is 0. The number of rotatable bonds is 1. The molecule has 1 nitrogen and oxygen atoms in total. The first-order chi connectivity index (χ1) is 8.75. The summed E-state index contributed by atoms with van der Waals surface area (Å²) in [5, 5.41) is 2.57. The monoisotopic (exact) mass is 233 g/mol. The van der Waals surface area contributed by atoms with Gasteiger partial charge in [0.2, 0.25) is 0 Å². The lowest BCUT2D eigenvalue weighted by atomic mass is 9.94. The lowest BCUT2D eigenvalue weighted by molar-refractivity contribution is 1.49. The van der Waals surface area contributed by atoms with Gasteiger partial charge in [0, 0.05) is 5.69 Å². The van der Waals surface area contributed by atoms with Crippen molar-refractivity contribution in [2.45, 2.75) is 6.92 Å². The molecule has 0 amide bonds. The van der Waals surface area contributed by atoms with Crippen LogP contribution >= 0.6 is 0 Å². The number of benzene rings is 3. The molecule has 0 unspecified atom stereocenters. The van der Waals surface area contributed by atoms with E-state index in [0.717, 1.165) is 5.69 Å². The highest BCUT2D eigenvalue weighted by Gasteiger charge is 2.06. The molecule has 18 heavy (non-hydrogen) atoms. The number of aryl methyl sites for hydroxylation is 1. The van der Waals surface area contributed by atoms with Gasteiger partial charge in [0.25, 0.3) is 0 Å². The third-order valence-electron chi connectivity index (χ3n) is 3.34. The molecule has 0 saturated heterocycles. The van der Waals surface area contributed by atoms with Crippen molar-refractivity contribution in [2.24, 2.45) is 0 Å². The summed E-state index contributed by atoms with van der Waals surface area (Å²) >= 11 is 0. The van der Waals surface area contributed by atoms with Crippen LogP contribution in [0, 0.1) is 6.92 Å². The normalized spacial score (nSPS) is 10.7. The highest BCUT2D eigenvalue weighted by atomic mass is 14.5. The fraction of sp³-hybridized carbons (Fsp3) is 0.0588. The maximum absolute atomic E-state index is 5.76. The first kappa shape index (κ1) is 10.8. The Balaban J connectivity index is 2.33. The van der Waals surface area contributed by atoms with Crippen molar-refractivity contribution in [3.8, 4) is 11.1 Å². The van der Waals surface area contributed by atoms with Gasteiger partial charge in [-0.05, 0) is 46.5 Å². The number of nitrogens with two attached hydrogens (primary N) is 1. The Bertz CT molecular complexity index is 696. The van der Waals surface area contributed by atoms with Crippen LogP contribution in [0.2, 0.25) is 0 Å². The zero-order valence-corrected chi connectivity index (χ0v) is 10.4. The minimum Gasteiger partial charge on any atom is -0.399 e. The molecular weight excluding hydrogens is 218 g/mol. The molecule has 0 saturated carbocycles. The van der Waals surface area contributed by atoms with Gasteiger partial charge in [-0.1, -0.05) is 48.5 Å². The quantitative estimate of drug-likeness (QED) is 0.619. The number of anilines is 1. The Hall–Kier alpha value is -2.28. The molecule has 2 N–H and O–H groups in total. The van der Waals surface area contributed by atoms with Gasteiger partial charge >= 0.3 is 0 Å². The molecule has 0 fully saturated rings. The van der Waals surface area contributed by atoms with Crippen LogP contribution in [0.3, 0.4) is 0 Å². The van der Waals surface area contributed by atoms with Crippen LogP contribution in [-0.4, -0.2) is 0 Å².